The average molecular weight is 497 g/mol. The van der Waals surface area contributed by atoms with E-state index in [-0.39, 0.29) is 64.7 Å². The van der Waals surface area contributed by atoms with Crippen LogP contribution in [0.1, 0.15) is 29.2 Å². The number of halogens is 1. The van der Waals surface area contributed by atoms with E-state index < -0.39 is 47.3 Å². The number of urea groups is 1. The number of nitrogens with one attached hydrogen (secondary N) is 2. The van der Waals surface area contributed by atoms with Gasteiger partial charge in [-0.15, -0.1) is 0 Å². The predicted octanol–water partition coefficient (Wildman–Crippen LogP) is -4.11. The normalized spacial score (nSPS) is 11.0. The molecule has 3 rings (SSSR count). The number of carboxylic acid groups (broad SMARTS) is 1. The number of carbonyl (C=O) groups is 2. The number of hydrogen-bond donors (Lipinski definition) is 2. The summed E-state index contributed by atoms with van der Waals surface area (Å²) in [5.74, 6) is -2.79. The van der Waals surface area contributed by atoms with Gasteiger partial charge in [0.25, 0.3) is 5.56 Å². The first kappa shape index (κ1) is 30.9. The summed E-state index contributed by atoms with van der Waals surface area (Å²) in [6.07, 6.45) is 0.606. The Morgan fingerprint density at radius 2 is 1.71 bits per heavy atom. The molecule has 0 spiro atoms. The van der Waals surface area contributed by atoms with Gasteiger partial charge in [-0.25, -0.2) is 9.18 Å². The van der Waals surface area contributed by atoms with Gasteiger partial charge in [-0.3, -0.25) is 4.79 Å². The van der Waals surface area contributed by atoms with Gasteiger partial charge in [-0.05, 0) is 59.9 Å². The second kappa shape index (κ2) is 13.2. The van der Waals surface area contributed by atoms with E-state index in [2.05, 4.69) is 10.6 Å². The monoisotopic (exact) mass is 497 g/mol. The van der Waals surface area contributed by atoms with Gasteiger partial charge in [0.15, 0.2) is 0 Å². The molecule has 2 amide bonds. The Hall–Kier alpha value is -2.14. The van der Waals surface area contributed by atoms with Gasteiger partial charge < -0.3 is 30.2 Å². The van der Waals surface area contributed by atoms with E-state index in [0.717, 1.165) is 33.4 Å². The number of carboxylic acids is 1. The van der Waals surface area contributed by atoms with Crippen molar-refractivity contribution in [2.45, 2.75) is 26.3 Å². The molecule has 0 saturated carbocycles. The molecule has 0 unspecified atom stereocenters. The van der Waals surface area contributed by atoms with Crippen LogP contribution >= 0.6 is 0 Å². The maximum absolute atomic E-state index is 14.5. The Bertz CT molecular complexity index is 1280. The molecular formula is C24H22FN3Na2O5. The van der Waals surface area contributed by atoms with E-state index in [1.165, 1.54) is 19.3 Å². The largest absolute Gasteiger partial charge is 1.00 e. The average Bonchev–Trinajstić information content (AvgIpc) is 2.73. The van der Waals surface area contributed by atoms with Crippen molar-refractivity contribution in [3.63, 3.8) is 0 Å². The predicted molar refractivity (Wildman–Crippen MR) is 117 cm³/mol. The molecule has 1 atom stereocenters. The maximum atomic E-state index is 14.5. The Morgan fingerprint density at radius 1 is 1.09 bits per heavy atom. The molecule has 0 aliphatic carbocycles. The van der Waals surface area contributed by atoms with Gasteiger partial charge in [-0.2, -0.15) is 0 Å². The van der Waals surface area contributed by atoms with Gasteiger partial charge >= 0.3 is 65.1 Å². The van der Waals surface area contributed by atoms with Crippen LogP contribution in [0.4, 0.5) is 14.9 Å². The fraction of sp³-hybridized carbons (Fsp3) is 0.208. The van der Waals surface area contributed by atoms with E-state index in [1.807, 2.05) is 32.0 Å². The number of anilines is 1. The number of benzene rings is 2. The van der Waals surface area contributed by atoms with E-state index >= 15 is 0 Å². The molecule has 0 aliphatic rings. The van der Waals surface area contributed by atoms with E-state index in [0.29, 0.717) is 5.56 Å². The standard InChI is InChI=1S/C24H24FN3O5.2Na/c1-13-5-4-6-14(2)21(13)16-9-15(10-17(25)11-16)18(12-20(30)31)26-24(33)27-22-19(29)7-8-28(3)23(22)32;;/h4-11,18,29H,12H2,1-3H3,(H,30,31)(H2,26,27,33);;/q;2*+1/p-2/t18-;;/m0../s1. The van der Waals surface area contributed by atoms with Crippen LogP contribution < -0.4 is 85.5 Å². The number of nitrogens with zero attached hydrogens (tertiary/aromatic N) is 1. The molecule has 8 nitrogen and oxygen atoms in total. The Balaban J connectivity index is 0.00000306. The number of aryl methyl sites for hydroxylation is 3. The summed E-state index contributed by atoms with van der Waals surface area (Å²) in [5.41, 5.74) is 2.09. The fourth-order valence-corrected chi connectivity index (χ4v) is 3.68. The molecule has 172 valence electrons. The van der Waals surface area contributed by atoms with Gasteiger partial charge in [-0.1, -0.05) is 30.0 Å². The summed E-state index contributed by atoms with van der Waals surface area (Å²) in [6.45, 7) is 3.75. The smallest absolute Gasteiger partial charge is 0.871 e. The zero-order valence-electron chi connectivity index (χ0n) is 20.3. The van der Waals surface area contributed by atoms with Crippen molar-refractivity contribution in [2.75, 3.05) is 5.32 Å². The minimum Gasteiger partial charge on any atom is -0.871 e. The van der Waals surface area contributed by atoms with Crippen LogP contribution in [0.3, 0.4) is 0 Å². The third-order valence-corrected chi connectivity index (χ3v) is 5.24. The Labute approximate surface area is 246 Å². The van der Waals surface area contributed by atoms with Crippen LogP contribution in [0.2, 0.25) is 0 Å². The van der Waals surface area contributed by atoms with Crippen molar-refractivity contribution < 1.29 is 83.3 Å². The van der Waals surface area contributed by atoms with Crippen LogP contribution in [-0.4, -0.2) is 16.6 Å². The fourth-order valence-electron chi connectivity index (χ4n) is 3.68. The number of aliphatic carboxylic acids is 1. The maximum Gasteiger partial charge on any atom is 1.00 e. The minimum absolute atomic E-state index is 0. The third kappa shape index (κ3) is 7.67. The molecule has 1 heterocycles. The van der Waals surface area contributed by atoms with Crippen LogP contribution in [0.25, 0.3) is 11.1 Å². The van der Waals surface area contributed by atoms with Crippen molar-refractivity contribution in [1.82, 2.24) is 9.88 Å². The Kier molecular flexibility index (Phi) is 11.7. The van der Waals surface area contributed by atoms with Gasteiger partial charge in [0.05, 0.1) is 6.04 Å². The molecule has 11 heteroatoms. The van der Waals surface area contributed by atoms with Crippen LogP contribution in [-0.2, 0) is 11.8 Å². The van der Waals surface area contributed by atoms with Crippen LogP contribution in [0.5, 0.6) is 5.75 Å². The summed E-state index contributed by atoms with van der Waals surface area (Å²) < 4.78 is 15.6. The summed E-state index contributed by atoms with van der Waals surface area (Å²) in [6, 6.07) is 8.59. The minimum atomic E-state index is -1.47. The molecule has 2 aromatic carbocycles. The number of carbonyl (C=O) groups excluding carboxylic acids is 2. The summed E-state index contributed by atoms with van der Waals surface area (Å²) in [4.78, 5) is 36.0. The molecule has 3 aromatic rings. The zero-order valence-corrected chi connectivity index (χ0v) is 24.3. The van der Waals surface area contributed by atoms with Crippen molar-refractivity contribution in [3.05, 3.63) is 81.5 Å². The third-order valence-electron chi connectivity index (χ3n) is 5.24. The first-order chi connectivity index (χ1) is 15.6. The molecular weight excluding hydrogens is 475 g/mol. The number of aromatic nitrogens is 1. The number of hydrogen-bond acceptors (Lipinski definition) is 5. The molecule has 0 bridgehead atoms. The van der Waals surface area contributed by atoms with E-state index in [4.69, 9.17) is 0 Å². The van der Waals surface area contributed by atoms with Crippen molar-refractivity contribution in [3.8, 4) is 16.9 Å². The quantitative estimate of drug-likeness (QED) is 0.335. The van der Waals surface area contributed by atoms with Gasteiger partial charge in [0.2, 0.25) is 0 Å². The summed E-state index contributed by atoms with van der Waals surface area (Å²) in [5, 5.41) is 27.9. The van der Waals surface area contributed by atoms with Gasteiger partial charge in [0, 0.05) is 25.6 Å². The molecule has 1 aromatic heterocycles. The van der Waals surface area contributed by atoms with Crippen LogP contribution in [0.15, 0.2) is 53.5 Å². The molecule has 0 fully saturated rings. The Morgan fingerprint density at radius 3 is 2.31 bits per heavy atom. The molecule has 0 aliphatic heterocycles. The molecule has 0 saturated heterocycles. The van der Waals surface area contributed by atoms with Crippen molar-refractivity contribution >= 4 is 17.7 Å². The van der Waals surface area contributed by atoms with Crippen molar-refractivity contribution in [1.29, 1.82) is 0 Å². The molecule has 2 N–H and O–H groups in total. The number of rotatable bonds is 6. The number of amides is 2. The van der Waals surface area contributed by atoms with Crippen LogP contribution in [0, 0.1) is 19.7 Å². The van der Waals surface area contributed by atoms with Crippen molar-refractivity contribution in [2.24, 2.45) is 7.05 Å². The number of pyridine rings is 1. The second-order valence-corrected chi connectivity index (χ2v) is 7.74. The molecule has 35 heavy (non-hydrogen) atoms. The van der Waals surface area contributed by atoms with Gasteiger partial charge in [0.1, 0.15) is 11.5 Å². The summed E-state index contributed by atoms with van der Waals surface area (Å²) >= 11 is 0. The second-order valence-electron chi connectivity index (χ2n) is 7.74. The summed E-state index contributed by atoms with van der Waals surface area (Å²) in [7, 11) is 1.41. The SMILES string of the molecule is Cc1cccc(C)c1-c1cc(F)cc([C@H](CC(=O)[O-])NC(=O)Nc2c([O-])ccn(C)c2=O)c1.[Na+].[Na+]. The zero-order chi connectivity index (χ0) is 24.3. The first-order valence-electron chi connectivity index (χ1n) is 10.1. The topological polar surface area (TPSA) is 126 Å². The van der Waals surface area contributed by atoms with E-state index in [9.17, 15) is 29.0 Å². The molecule has 0 radical (unpaired) electrons. The van der Waals surface area contributed by atoms with E-state index in [1.54, 1.807) is 6.07 Å². The first-order valence-corrected chi connectivity index (χ1v) is 10.1.